The Morgan fingerprint density at radius 3 is 2.80 bits per heavy atom. The average molecular weight is 342 g/mol. The summed E-state index contributed by atoms with van der Waals surface area (Å²) in [5.74, 6) is 1.96. The Morgan fingerprint density at radius 2 is 2.12 bits per heavy atom. The van der Waals surface area contributed by atoms with Crippen LogP contribution in [-0.2, 0) is 11.2 Å². The van der Waals surface area contributed by atoms with E-state index in [2.05, 4.69) is 39.8 Å². The number of esters is 1. The molecule has 0 spiro atoms. The molecule has 2 aliphatic rings. The smallest absolute Gasteiger partial charge is 0.308 e. The summed E-state index contributed by atoms with van der Waals surface area (Å²) in [4.78, 5) is 11.7. The van der Waals surface area contributed by atoms with E-state index in [1.807, 2.05) is 6.07 Å². The lowest BCUT2D eigenvalue weighted by molar-refractivity contribution is -0.132. The molecular weight excluding hydrogens is 312 g/mol. The van der Waals surface area contributed by atoms with Crippen molar-refractivity contribution in [2.45, 2.75) is 78.2 Å². The van der Waals surface area contributed by atoms with Gasteiger partial charge in [-0.1, -0.05) is 25.0 Å². The van der Waals surface area contributed by atoms with Crippen molar-refractivity contribution < 1.29 is 14.3 Å². The van der Waals surface area contributed by atoms with E-state index in [0.29, 0.717) is 11.7 Å². The molecule has 3 heteroatoms. The predicted octanol–water partition coefficient (Wildman–Crippen LogP) is 5.57. The SMILES string of the molecule is CCCCc1cc(OC(C)=O)c2c(c1)OC(C)(C)[C@@H]1CCC(C)=C[C@@H]21. The van der Waals surface area contributed by atoms with Crippen molar-refractivity contribution >= 4 is 5.97 Å². The molecule has 0 radical (unpaired) electrons. The van der Waals surface area contributed by atoms with Gasteiger partial charge in [0.1, 0.15) is 17.1 Å². The van der Waals surface area contributed by atoms with E-state index in [9.17, 15) is 4.79 Å². The normalized spacial score (nSPS) is 23.8. The minimum Gasteiger partial charge on any atom is -0.487 e. The Kier molecular flexibility index (Phi) is 4.95. The lowest BCUT2D eigenvalue weighted by Gasteiger charge is -2.46. The van der Waals surface area contributed by atoms with Crippen LogP contribution in [0, 0.1) is 5.92 Å². The first kappa shape index (κ1) is 18.0. The van der Waals surface area contributed by atoms with Crippen molar-refractivity contribution in [2.75, 3.05) is 0 Å². The Balaban J connectivity index is 2.13. The van der Waals surface area contributed by atoms with Gasteiger partial charge in [0.05, 0.1) is 0 Å². The summed E-state index contributed by atoms with van der Waals surface area (Å²) < 4.78 is 12.1. The lowest BCUT2D eigenvalue weighted by atomic mass is 9.68. The molecule has 0 unspecified atom stereocenters. The molecule has 1 aromatic carbocycles. The van der Waals surface area contributed by atoms with Gasteiger partial charge in [0.15, 0.2) is 0 Å². The molecule has 0 bridgehead atoms. The molecule has 0 aromatic heterocycles. The number of carbonyl (C=O) groups is 1. The molecule has 0 saturated carbocycles. The summed E-state index contributed by atoms with van der Waals surface area (Å²) >= 11 is 0. The molecule has 1 aromatic rings. The molecule has 25 heavy (non-hydrogen) atoms. The van der Waals surface area contributed by atoms with Crippen LogP contribution in [0.4, 0.5) is 0 Å². The van der Waals surface area contributed by atoms with E-state index >= 15 is 0 Å². The van der Waals surface area contributed by atoms with E-state index in [1.165, 1.54) is 18.1 Å². The van der Waals surface area contributed by atoms with Gasteiger partial charge >= 0.3 is 5.97 Å². The zero-order valence-electron chi connectivity index (χ0n) is 16.1. The maximum Gasteiger partial charge on any atom is 0.308 e. The topological polar surface area (TPSA) is 35.5 Å². The first-order chi connectivity index (χ1) is 11.8. The second-order valence-corrected chi connectivity index (χ2v) is 8.09. The van der Waals surface area contributed by atoms with E-state index in [0.717, 1.165) is 43.4 Å². The number of hydrogen-bond donors (Lipinski definition) is 0. The number of fused-ring (bicyclic) bond motifs is 3. The second kappa shape index (κ2) is 6.86. The summed E-state index contributed by atoms with van der Waals surface area (Å²) in [6, 6.07) is 4.21. The molecule has 0 N–H and O–H groups in total. The lowest BCUT2D eigenvalue weighted by Crippen LogP contribution is -2.45. The highest BCUT2D eigenvalue weighted by Crippen LogP contribution is 2.53. The molecule has 3 nitrogen and oxygen atoms in total. The van der Waals surface area contributed by atoms with Crippen molar-refractivity contribution in [3.05, 3.63) is 34.9 Å². The fraction of sp³-hybridized carbons (Fsp3) is 0.591. The molecule has 0 fully saturated rings. The van der Waals surface area contributed by atoms with Gasteiger partial charge in [-0.2, -0.15) is 0 Å². The summed E-state index contributed by atoms with van der Waals surface area (Å²) in [5, 5.41) is 0. The zero-order valence-corrected chi connectivity index (χ0v) is 16.1. The van der Waals surface area contributed by atoms with Gasteiger partial charge in [-0.05, 0) is 64.2 Å². The van der Waals surface area contributed by atoms with Crippen LogP contribution in [0.2, 0.25) is 0 Å². The van der Waals surface area contributed by atoms with Gasteiger partial charge in [-0.25, -0.2) is 0 Å². The Bertz CT molecular complexity index is 699. The van der Waals surface area contributed by atoms with Crippen molar-refractivity contribution in [3.8, 4) is 11.5 Å². The highest BCUT2D eigenvalue weighted by molar-refractivity contribution is 5.71. The molecule has 2 atom stereocenters. The number of ether oxygens (including phenoxy) is 2. The van der Waals surface area contributed by atoms with E-state index < -0.39 is 0 Å². The van der Waals surface area contributed by atoms with Crippen molar-refractivity contribution in [2.24, 2.45) is 5.92 Å². The van der Waals surface area contributed by atoms with Gasteiger partial charge in [0.25, 0.3) is 0 Å². The van der Waals surface area contributed by atoms with Crippen LogP contribution in [0.15, 0.2) is 23.8 Å². The van der Waals surface area contributed by atoms with Gasteiger partial charge < -0.3 is 9.47 Å². The molecule has 1 heterocycles. The first-order valence-electron chi connectivity index (χ1n) is 9.53. The van der Waals surface area contributed by atoms with Crippen molar-refractivity contribution in [1.82, 2.24) is 0 Å². The van der Waals surface area contributed by atoms with E-state index in [4.69, 9.17) is 9.47 Å². The number of rotatable bonds is 4. The Labute approximate surface area is 151 Å². The maximum atomic E-state index is 11.7. The summed E-state index contributed by atoms with van der Waals surface area (Å²) in [6.07, 6.45) is 7.81. The van der Waals surface area contributed by atoms with E-state index in [-0.39, 0.29) is 17.5 Å². The number of carbonyl (C=O) groups excluding carboxylic acids is 1. The number of hydrogen-bond acceptors (Lipinski definition) is 3. The Morgan fingerprint density at radius 1 is 1.36 bits per heavy atom. The predicted molar refractivity (Wildman–Crippen MR) is 100 cm³/mol. The summed E-state index contributed by atoms with van der Waals surface area (Å²) in [5.41, 5.74) is 3.43. The molecule has 136 valence electrons. The van der Waals surface area contributed by atoms with Crippen LogP contribution in [-0.4, -0.2) is 11.6 Å². The van der Waals surface area contributed by atoms with Crippen LogP contribution in [0.5, 0.6) is 11.5 Å². The quantitative estimate of drug-likeness (QED) is 0.408. The third-order valence-corrected chi connectivity index (χ3v) is 5.58. The van der Waals surface area contributed by atoms with Gasteiger partial charge in [0, 0.05) is 24.3 Å². The number of aryl methyl sites for hydroxylation is 1. The van der Waals surface area contributed by atoms with Gasteiger partial charge in [0.2, 0.25) is 0 Å². The summed E-state index contributed by atoms with van der Waals surface area (Å²) in [6.45, 7) is 10.2. The second-order valence-electron chi connectivity index (χ2n) is 8.09. The van der Waals surface area contributed by atoms with Gasteiger partial charge in [-0.15, -0.1) is 0 Å². The molecule has 1 aliphatic carbocycles. The highest BCUT2D eigenvalue weighted by Gasteiger charge is 2.45. The zero-order chi connectivity index (χ0) is 18.2. The monoisotopic (exact) mass is 342 g/mol. The standard InChI is InChI=1S/C22H30O3/c1-6-7-8-16-12-19(24-15(3)23)21-17-11-14(2)9-10-18(17)22(4,5)25-20(21)13-16/h11-13,17-18H,6-10H2,1-5H3/t17-,18-/m1/s1. The van der Waals surface area contributed by atoms with Crippen molar-refractivity contribution in [1.29, 1.82) is 0 Å². The molecule has 3 rings (SSSR count). The minimum atomic E-state index is -0.271. The maximum absolute atomic E-state index is 11.7. The molecule has 0 saturated heterocycles. The van der Waals surface area contributed by atoms with Crippen LogP contribution in [0.3, 0.4) is 0 Å². The number of allylic oxidation sites excluding steroid dienone is 2. The average Bonchev–Trinajstić information content (AvgIpc) is 2.51. The number of unbranched alkanes of at least 4 members (excludes halogenated alkanes) is 1. The molecule has 1 aliphatic heterocycles. The fourth-order valence-electron chi connectivity index (χ4n) is 4.33. The fourth-order valence-corrected chi connectivity index (χ4v) is 4.33. The van der Waals surface area contributed by atoms with Crippen LogP contribution >= 0.6 is 0 Å². The van der Waals surface area contributed by atoms with E-state index in [1.54, 1.807) is 0 Å². The van der Waals surface area contributed by atoms with Crippen molar-refractivity contribution in [3.63, 3.8) is 0 Å². The minimum absolute atomic E-state index is 0.217. The van der Waals surface area contributed by atoms with Crippen LogP contribution < -0.4 is 9.47 Å². The largest absolute Gasteiger partial charge is 0.487 e. The van der Waals surface area contributed by atoms with Crippen LogP contribution in [0.1, 0.15) is 77.3 Å². The van der Waals surface area contributed by atoms with Crippen LogP contribution in [0.25, 0.3) is 0 Å². The highest BCUT2D eigenvalue weighted by atomic mass is 16.5. The van der Waals surface area contributed by atoms with Gasteiger partial charge in [-0.3, -0.25) is 4.79 Å². The molecular formula is C22H30O3. The number of benzene rings is 1. The summed E-state index contributed by atoms with van der Waals surface area (Å²) in [7, 11) is 0. The third-order valence-electron chi connectivity index (χ3n) is 5.58. The third kappa shape index (κ3) is 3.61. The molecule has 0 amide bonds. The Hall–Kier alpha value is -1.77. The first-order valence-corrected chi connectivity index (χ1v) is 9.53.